The highest BCUT2D eigenvalue weighted by Gasteiger charge is 2.30. The Labute approximate surface area is 224 Å². The summed E-state index contributed by atoms with van der Waals surface area (Å²) in [5.41, 5.74) is 6.26. The smallest absolute Gasteiger partial charge is 0.186 e. The third-order valence-electron chi connectivity index (χ3n) is 6.71. The van der Waals surface area contributed by atoms with Crippen LogP contribution in [0.4, 0.5) is 0 Å². The zero-order chi connectivity index (χ0) is 23.2. The number of hydrogen-bond donors (Lipinski definition) is 0. The molecule has 2 aromatic heterocycles. The van der Waals surface area contributed by atoms with Gasteiger partial charge in [0.25, 0.3) is 0 Å². The summed E-state index contributed by atoms with van der Waals surface area (Å²) >= 11 is 4.70. The van der Waals surface area contributed by atoms with Crippen LogP contribution in [0, 0.1) is 7.27 Å². The van der Waals surface area contributed by atoms with E-state index in [4.69, 9.17) is 4.98 Å². The van der Waals surface area contributed by atoms with Gasteiger partial charge in [0.1, 0.15) is 9.39 Å². The summed E-state index contributed by atoms with van der Waals surface area (Å²) in [4.78, 5) is 22.4. The number of hydrogen-bond acceptors (Lipinski definition) is 3. The van der Waals surface area contributed by atoms with E-state index in [2.05, 4.69) is 75.3 Å². The van der Waals surface area contributed by atoms with Gasteiger partial charge in [-0.2, -0.15) is 0 Å². The second-order valence-corrected chi connectivity index (χ2v) is 11.3. The molecule has 1 aliphatic carbocycles. The molecule has 0 unspecified atom stereocenters. The van der Waals surface area contributed by atoms with Gasteiger partial charge < -0.3 is 0 Å². The van der Waals surface area contributed by atoms with Crippen molar-refractivity contribution in [2.24, 2.45) is 0 Å². The molecule has 3 nitrogen and oxygen atoms in total. The normalized spacial score (nSPS) is 12.8. The van der Waals surface area contributed by atoms with Gasteiger partial charge in [0.2, 0.25) is 0 Å². The molecule has 5 heteroatoms. The van der Waals surface area contributed by atoms with Crippen molar-refractivity contribution in [3.05, 3.63) is 54.6 Å². The molecule has 0 fully saturated rings. The standard InChI is InChI=1S/C28H32I2N2O/c1-2-3-4-5-6-7-8-9-10-11-14-19-22(29)18-31-27-24(33)17-21-25(26(19)27)20-15-12-13-16-23(20)32-28(21)30/h12-13,15-16,18H,2-11,14,17H2,1H3. The Morgan fingerprint density at radius 2 is 1.55 bits per heavy atom. The lowest BCUT2D eigenvalue weighted by Crippen LogP contribution is -2.19. The monoisotopic (exact) mass is 666 g/mol. The van der Waals surface area contributed by atoms with Crippen LogP contribution in [0.15, 0.2) is 30.5 Å². The lowest BCUT2D eigenvalue weighted by atomic mass is 9.83. The van der Waals surface area contributed by atoms with E-state index in [0.29, 0.717) is 12.1 Å². The van der Waals surface area contributed by atoms with E-state index >= 15 is 0 Å². The average molecular weight is 666 g/mol. The molecule has 0 aliphatic heterocycles. The maximum atomic E-state index is 13.0. The number of aromatic nitrogens is 2. The number of ketones is 1. The average Bonchev–Trinajstić information content (AvgIpc) is 2.81. The van der Waals surface area contributed by atoms with E-state index in [1.54, 1.807) is 0 Å². The summed E-state index contributed by atoms with van der Waals surface area (Å²) in [6.45, 7) is 2.27. The van der Waals surface area contributed by atoms with Crippen LogP contribution < -0.4 is 0 Å². The molecular weight excluding hydrogens is 634 g/mol. The maximum Gasteiger partial charge on any atom is 0.186 e. The molecule has 0 spiro atoms. The molecule has 0 N–H and O–H groups in total. The molecule has 2 heterocycles. The van der Waals surface area contributed by atoms with E-state index in [-0.39, 0.29) is 5.78 Å². The molecule has 0 saturated heterocycles. The molecular formula is C28H32I2N2O. The van der Waals surface area contributed by atoms with Gasteiger partial charge in [0.15, 0.2) is 5.78 Å². The van der Waals surface area contributed by atoms with E-state index in [1.165, 1.54) is 72.5 Å². The second-order valence-electron chi connectivity index (χ2n) is 9.11. The fourth-order valence-electron chi connectivity index (χ4n) is 4.95. The van der Waals surface area contributed by atoms with E-state index < -0.39 is 0 Å². The van der Waals surface area contributed by atoms with Gasteiger partial charge in [-0.15, -0.1) is 0 Å². The van der Waals surface area contributed by atoms with Crippen molar-refractivity contribution < 1.29 is 4.79 Å². The number of carbonyl (C=O) groups excluding carboxylic acids is 1. The summed E-state index contributed by atoms with van der Waals surface area (Å²) < 4.78 is 2.10. The van der Waals surface area contributed by atoms with Crippen LogP contribution in [-0.4, -0.2) is 15.8 Å². The fourth-order valence-corrected chi connectivity index (χ4v) is 6.35. The van der Waals surface area contributed by atoms with Crippen LogP contribution in [0.1, 0.15) is 92.7 Å². The summed E-state index contributed by atoms with van der Waals surface area (Å²) in [5.74, 6) is 0.119. The summed E-state index contributed by atoms with van der Waals surface area (Å²) in [7, 11) is 0. The lowest BCUT2D eigenvalue weighted by Gasteiger charge is -2.24. The first-order valence-corrected chi connectivity index (χ1v) is 14.6. The predicted molar refractivity (Wildman–Crippen MR) is 154 cm³/mol. The maximum absolute atomic E-state index is 13.0. The Morgan fingerprint density at radius 3 is 2.27 bits per heavy atom. The van der Waals surface area contributed by atoms with E-state index in [0.717, 1.165) is 38.6 Å². The highest BCUT2D eigenvalue weighted by molar-refractivity contribution is 14.1. The van der Waals surface area contributed by atoms with Gasteiger partial charge in [0.05, 0.1) is 5.52 Å². The number of fused-ring (bicyclic) bond motifs is 5. The predicted octanol–water partition coefficient (Wildman–Crippen LogP) is 8.71. The van der Waals surface area contributed by atoms with Crippen LogP contribution in [0.5, 0.6) is 0 Å². The van der Waals surface area contributed by atoms with Gasteiger partial charge in [0, 0.05) is 32.7 Å². The van der Waals surface area contributed by atoms with Gasteiger partial charge in [-0.3, -0.25) is 9.78 Å². The number of halogens is 2. The molecule has 0 bridgehead atoms. The van der Waals surface area contributed by atoms with Crippen molar-refractivity contribution in [2.75, 3.05) is 0 Å². The van der Waals surface area contributed by atoms with Crippen molar-refractivity contribution in [1.82, 2.24) is 9.97 Å². The number of carbonyl (C=O) groups is 1. The molecule has 0 radical (unpaired) electrons. The summed E-state index contributed by atoms with van der Waals surface area (Å²) in [5, 5.41) is 1.13. The largest absolute Gasteiger partial charge is 0.292 e. The fraction of sp³-hybridized carbons (Fsp3) is 0.464. The molecule has 174 valence electrons. The van der Waals surface area contributed by atoms with Crippen LogP contribution in [0.2, 0.25) is 0 Å². The highest BCUT2D eigenvalue weighted by Crippen LogP contribution is 2.42. The van der Waals surface area contributed by atoms with Crippen molar-refractivity contribution >= 4 is 61.9 Å². The zero-order valence-electron chi connectivity index (χ0n) is 19.4. The second kappa shape index (κ2) is 12.0. The Kier molecular flexibility index (Phi) is 9.13. The quantitative estimate of drug-likeness (QED) is 0.117. The summed E-state index contributed by atoms with van der Waals surface area (Å²) in [6.07, 6.45) is 16.6. The van der Waals surface area contributed by atoms with Crippen LogP contribution in [0.3, 0.4) is 0 Å². The van der Waals surface area contributed by atoms with Gasteiger partial charge in [-0.25, -0.2) is 4.98 Å². The molecule has 33 heavy (non-hydrogen) atoms. The zero-order valence-corrected chi connectivity index (χ0v) is 23.7. The minimum atomic E-state index is 0.119. The number of unbranched alkanes of at least 4 members (excludes halogenated alkanes) is 9. The molecule has 1 aromatic carbocycles. The van der Waals surface area contributed by atoms with Crippen molar-refractivity contribution in [3.63, 3.8) is 0 Å². The Balaban J connectivity index is 1.52. The molecule has 3 aromatic rings. The molecule has 0 saturated carbocycles. The Hall–Kier alpha value is -1.09. The third-order valence-corrected chi connectivity index (χ3v) is 8.53. The first-order valence-electron chi connectivity index (χ1n) is 12.4. The molecule has 0 amide bonds. The highest BCUT2D eigenvalue weighted by atomic mass is 127. The van der Waals surface area contributed by atoms with Crippen LogP contribution in [-0.2, 0) is 12.8 Å². The van der Waals surface area contributed by atoms with Gasteiger partial charge in [-0.1, -0.05) is 82.9 Å². The molecule has 1 aliphatic rings. The number of pyridine rings is 2. The third kappa shape index (κ3) is 5.77. The molecule has 4 rings (SSSR count). The number of nitrogens with zero attached hydrogens (tertiary/aromatic N) is 2. The Morgan fingerprint density at radius 1 is 0.879 bits per heavy atom. The minimum Gasteiger partial charge on any atom is -0.292 e. The lowest BCUT2D eigenvalue weighted by molar-refractivity contribution is 0.0986. The SMILES string of the molecule is CCCCCCCCCCCCc1c(I)cnc2c1-c1c(c(I)nc3ccccc13)CC2=O. The van der Waals surface area contributed by atoms with Gasteiger partial charge in [-0.05, 0) is 75.2 Å². The van der Waals surface area contributed by atoms with Crippen molar-refractivity contribution in [3.8, 4) is 11.1 Å². The topological polar surface area (TPSA) is 42.9 Å². The van der Waals surface area contributed by atoms with Crippen LogP contribution >= 0.6 is 45.2 Å². The van der Waals surface area contributed by atoms with E-state index in [9.17, 15) is 4.79 Å². The Bertz CT molecular complexity index is 1140. The van der Waals surface area contributed by atoms with Crippen molar-refractivity contribution in [1.29, 1.82) is 0 Å². The number of Topliss-reactive ketones (excluding diaryl/α,β-unsaturated/α-hetero) is 1. The number of para-hydroxylation sites is 1. The van der Waals surface area contributed by atoms with Crippen molar-refractivity contribution in [2.45, 2.75) is 84.0 Å². The summed E-state index contributed by atoms with van der Waals surface area (Å²) in [6, 6.07) is 8.30. The van der Waals surface area contributed by atoms with Gasteiger partial charge >= 0.3 is 0 Å². The first kappa shape index (κ1) is 25.0. The number of benzene rings is 1. The van der Waals surface area contributed by atoms with Crippen LogP contribution in [0.25, 0.3) is 22.0 Å². The van der Waals surface area contributed by atoms with E-state index in [1.807, 2.05) is 12.3 Å². The molecule has 0 atom stereocenters. The first-order chi connectivity index (χ1) is 16.1. The number of rotatable bonds is 11. The minimum absolute atomic E-state index is 0.119.